The molecule has 1 rings (SSSR count). The molecule has 1 aliphatic rings. The van der Waals surface area contributed by atoms with Crippen molar-refractivity contribution in [3.63, 3.8) is 0 Å². The molecule has 1 saturated carbocycles. The van der Waals surface area contributed by atoms with E-state index in [0.717, 1.165) is 5.92 Å². The molecule has 0 bridgehead atoms. The van der Waals surface area contributed by atoms with Crippen LogP contribution in [-0.2, 0) is 4.57 Å². The summed E-state index contributed by atoms with van der Waals surface area (Å²) in [5.41, 5.74) is 0. The molecule has 0 spiro atoms. The Kier molecular flexibility index (Phi) is 7.11. The molecule has 0 radical (unpaired) electrons. The van der Waals surface area contributed by atoms with Crippen molar-refractivity contribution in [1.29, 1.82) is 0 Å². The Morgan fingerprint density at radius 1 is 1.14 bits per heavy atom. The van der Waals surface area contributed by atoms with Gasteiger partial charge in [-0.15, -0.1) is 0 Å². The summed E-state index contributed by atoms with van der Waals surface area (Å²) < 4.78 is 8.88. The molecule has 0 amide bonds. The second kappa shape index (κ2) is 7.18. The highest BCUT2D eigenvalue weighted by molar-refractivity contribution is 7.45. The van der Waals surface area contributed by atoms with Gasteiger partial charge in [0.1, 0.15) is 0 Å². The third kappa shape index (κ3) is 11.8. The lowest BCUT2D eigenvalue weighted by Crippen LogP contribution is -2.01. The van der Waals surface area contributed by atoms with Gasteiger partial charge in [0.05, 0.1) is 0 Å². The van der Waals surface area contributed by atoms with Gasteiger partial charge in [-0.3, -0.25) is 0 Å². The zero-order valence-corrected chi connectivity index (χ0v) is 9.36. The maximum atomic E-state index is 8.88. The fourth-order valence-electron chi connectivity index (χ4n) is 1.60. The highest BCUT2D eigenvalue weighted by Crippen LogP contribution is 2.26. The molecule has 5 heteroatoms. The van der Waals surface area contributed by atoms with Gasteiger partial charge in [0.25, 0.3) is 0 Å². The lowest BCUT2D eigenvalue weighted by molar-refractivity contribution is 0.275. The van der Waals surface area contributed by atoms with Gasteiger partial charge < -0.3 is 14.7 Å². The predicted molar refractivity (Wildman–Crippen MR) is 55.7 cm³/mol. The van der Waals surface area contributed by atoms with Crippen molar-refractivity contribution >= 4 is 7.82 Å². The van der Waals surface area contributed by atoms with E-state index in [2.05, 4.69) is 19.1 Å². The van der Waals surface area contributed by atoms with Gasteiger partial charge in [-0.25, -0.2) is 4.57 Å². The first-order valence-electron chi connectivity index (χ1n) is 4.84. The third-order valence-corrected chi connectivity index (χ3v) is 2.11. The van der Waals surface area contributed by atoms with Crippen LogP contribution < -0.4 is 0 Å². The third-order valence-electron chi connectivity index (χ3n) is 2.11. The molecule has 1 aliphatic carbocycles. The standard InChI is InChI=1S/C9H16.H3O4P/c1-2-6-9-7-4-3-5-8-9;1-5(2,3)4/h2,6,9H,3-5,7-8H2,1H3;(H3,1,2,3,4). The molecule has 0 atom stereocenters. The summed E-state index contributed by atoms with van der Waals surface area (Å²) in [4.78, 5) is 21.6. The van der Waals surface area contributed by atoms with Crippen molar-refractivity contribution < 1.29 is 19.2 Å². The predicted octanol–water partition coefficient (Wildman–Crippen LogP) is 2.21. The van der Waals surface area contributed by atoms with Crippen molar-refractivity contribution in [3.05, 3.63) is 12.2 Å². The first kappa shape index (κ1) is 13.8. The molecule has 84 valence electrons. The van der Waals surface area contributed by atoms with Crippen LogP contribution in [0, 0.1) is 5.92 Å². The number of rotatable bonds is 1. The van der Waals surface area contributed by atoms with Crippen LogP contribution in [0.1, 0.15) is 39.0 Å². The Bertz CT molecular complexity index is 195. The second-order valence-electron chi connectivity index (χ2n) is 3.44. The smallest absolute Gasteiger partial charge is 0.303 e. The monoisotopic (exact) mass is 222 g/mol. The van der Waals surface area contributed by atoms with Crippen LogP contribution in [0.15, 0.2) is 12.2 Å². The highest BCUT2D eigenvalue weighted by Gasteiger charge is 2.08. The van der Waals surface area contributed by atoms with Gasteiger partial charge in [0.15, 0.2) is 0 Å². The summed E-state index contributed by atoms with van der Waals surface area (Å²) in [6.45, 7) is 2.12. The van der Waals surface area contributed by atoms with E-state index in [9.17, 15) is 0 Å². The lowest BCUT2D eigenvalue weighted by Gasteiger charge is -2.17. The Labute approximate surface area is 84.9 Å². The average Bonchev–Trinajstić information content (AvgIpc) is 2.03. The molecule has 0 unspecified atom stereocenters. The summed E-state index contributed by atoms with van der Waals surface area (Å²) in [5, 5.41) is 0. The van der Waals surface area contributed by atoms with Crippen molar-refractivity contribution in [1.82, 2.24) is 0 Å². The van der Waals surface area contributed by atoms with E-state index in [1.165, 1.54) is 32.1 Å². The summed E-state index contributed by atoms with van der Waals surface area (Å²) in [6.07, 6.45) is 11.8. The van der Waals surface area contributed by atoms with E-state index in [1.807, 2.05) is 0 Å². The van der Waals surface area contributed by atoms with Crippen molar-refractivity contribution in [3.8, 4) is 0 Å². The molecule has 4 nitrogen and oxygen atoms in total. The van der Waals surface area contributed by atoms with Gasteiger partial charge in [-0.2, -0.15) is 0 Å². The molecule has 0 aromatic carbocycles. The normalized spacial score (nSPS) is 19.1. The van der Waals surface area contributed by atoms with E-state index >= 15 is 0 Å². The topological polar surface area (TPSA) is 77.8 Å². The highest BCUT2D eigenvalue weighted by atomic mass is 31.2. The number of allylic oxidation sites excluding steroid dienone is 2. The van der Waals surface area contributed by atoms with Crippen LogP contribution in [0.3, 0.4) is 0 Å². The number of phosphoric acid groups is 1. The van der Waals surface area contributed by atoms with E-state index in [4.69, 9.17) is 19.2 Å². The summed E-state index contributed by atoms with van der Waals surface area (Å²) >= 11 is 0. The van der Waals surface area contributed by atoms with Gasteiger partial charge in [-0.05, 0) is 25.7 Å². The molecule has 0 aromatic rings. The van der Waals surface area contributed by atoms with Crippen LogP contribution in [0.25, 0.3) is 0 Å². The lowest BCUT2D eigenvalue weighted by atomic mass is 9.89. The number of hydrogen-bond donors (Lipinski definition) is 3. The maximum Gasteiger partial charge on any atom is 0.466 e. The van der Waals surface area contributed by atoms with Crippen LogP contribution >= 0.6 is 7.82 Å². The molecule has 0 aromatic heterocycles. The second-order valence-corrected chi connectivity index (χ2v) is 4.46. The summed E-state index contributed by atoms with van der Waals surface area (Å²) in [5.74, 6) is 0.920. The van der Waals surface area contributed by atoms with E-state index in [-0.39, 0.29) is 0 Å². The molecule has 1 fully saturated rings. The van der Waals surface area contributed by atoms with Crippen molar-refractivity contribution in [2.75, 3.05) is 0 Å². The number of hydrogen-bond acceptors (Lipinski definition) is 1. The van der Waals surface area contributed by atoms with Crippen LogP contribution in [-0.4, -0.2) is 14.7 Å². The molecular weight excluding hydrogens is 203 g/mol. The Morgan fingerprint density at radius 3 is 1.93 bits per heavy atom. The Morgan fingerprint density at radius 2 is 1.57 bits per heavy atom. The van der Waals surface area contributed by atoms with Gasteiger partial charge in [0.2, 0.25) is 0 Å². The van der Waals surface area contributed by atoms with Crippen LogP contribution in [0.5, 0.6) is 0 Å². The molecule has 0 heterocycles. The molecule has 14 heavy (non-hydrogen) atoms. The average molecular weight is 222 g/mol. The minimum absolute atomic E-state index is 0.920. The van der Waals surface area contributed by atoms with E-state index < -0.39 is 7.82 Å². The SMILES string of the molecule is CC=CC1CCCCC1.O=P(O)(O)O. The molecule has 0 aliphatic heterocycles. The fraction of sp³-hybridized carbons (Fsp3) is 0.778. The summed E-state index contributed by atoms with van der Waals surface area (Å²) in [6, 6.07) is 0. The van der Waals surface area contributed by atoms with Crippen LogP contribution in [0.2, 0.25) is 0 Å². The first-order chi connectivity index (χ1) is 6.43. The fourth-order valence-corrected chi connectivity index (χ4v) is 1.60. The molecule has 3 N–H and O–H groups in total. The Balaban J connectivity index is 0.000000292. The quantitative estimate of drug-likeness (QED) is 0.469. The van der Waals surface area contributed by atoms with E-state index in [0.29, 0.717) is 0 Å². The Hall–Kier alpha value is -0.150. The van der Waals surface area contributed by atoms with Crippen molar-refractivity contribution in [2.24, 2.45) is 5.92 Å². The first-order valence-corrected chi connectivity index (χ1v) is 6.41. The minimum atomic E-state index is -4.64. The zero-order valence-electron chi connectivity index (χ0n) is 8.46. The van der Waals surface area contributed by atoms with Crippen molar-refractivity contribution in [2.45, 2.75) is 39.0 Å². The molecular formula is C9H19O4P. The van der Waals surface area contributed by atoms with E-state index in [1.54, 1.807) is 0 Å². The maximum absolute atomic E-state index is 8.88. The summed E-state index contributed by atoms with van der Waals surface area (Å²) in [7, 11) is -4.64. The van der Waals surface area contributed by atoms with Gasteiger partial charge in [0, 0.05) is 0 Å². The zero-order chi connectivity index (χ0) is 11.0. The van der Waals surface area contributed by atoms with Gasteiger partial charge in [-0.1, -0.05) is 31.4 Å². The van der Waals surface area contributed by atoms with Crippen LogP contribution in [0.4, 0.5) is 0 Å². The largest absolute Gasteiger partial charge is 0.466 e. The van der Waals surface area contributed by atoms with Gasteiger partial charge >= 0.3 is 7.82 Å². The minimum Gasteiger partial charge on any atom is -0.303 e. The molecule has 0 saturated heterocycles.